The van der Waals surface area contributed by atoms with Crippen LogP contribution < -0.4 is 10.6 Å². The zero-order valence-corrected chi connectivity index (χ0v) is 13.0. The highest BCUT2D eigenvalue weighted by molar-refractivity contribution is 7.91. The van der Waals surface area contributed by atoms with Gasteiger partial charge in [-0.1, -0.05) is 11.6 Å². The molecular weight excluding hydrogens is 323 g/mol. The number of sulfone groups is 1. The molecule has 2 N–H and O–H groups in total. The number of halogens is 2. The molecule has 0 spiro atoms. The van der Waals surface area contributed by atoms with Gasteiger partial charge < -0.3 is 10.6 Å². The van der Waals surface area contributed by atoms with E-state index in [1.54, 1.807) is 0 Å². The van der Waals surface area contributed by atoms with Gasteiger partial charge in [-0.25, -0.2) is 8.42 Å². The number of carbonyl (C=O) groups is 1. The van der Waals surface area contributed by atoms with Crippen molar-refractivity contribution >= 4 is 39.8 Å². The number of nitrogens with one attached hydrogen (secondary N) is 2. The van der Waals surface area contributed by atoms with E-state index in [1.807, 2.05) is 0 Å². The molecule has 1 amide bonds. The second-order valence-corrected chi connectivity index (χ2v) is 6.96. The monoisotopic (exact) mass is 338 g/mol. The Labute approximate surface area is 129 Å². The molecule has 20 heavy (non-hydrogen) atoms. The van der Waals surface area contributed by atoms with Crippen LogP contribution in [-0.4, -0.2) is 39.7 Å². The van der Waals surface area contributed by atoms with Crippen LogP contribution in [0.3, 0.4) is 0 Å². The highest BCUT2D eigenvalue weighted by atomic mass is 35.5. The van der Waals surface area contributed by atoms with Gasteiger partial charge >= 0.3 is 0 Å². The molecule has 1 aromatic rings. The van der Waals surface area contributed by atoms with Crippen LogP contribution in [-0.2, 0) is 14.6 Å². The Morgan fingerprint density at radius 1 is 1.30 bits per heavy atom. The van der Waals surface area contributed by atoms with Crippen LogP contribution >= 0.6 is 24.0 Å². The van der Waals surface area contributed by atoms with Crippen LogP contribution in [0, 0.1) is 5.92 Å². The van der Waals surface area contributed by atoms with Crippen molar-refractivity contribution in [3.8, 4) is 0 Å². The molecule has 0 unspecified atom stereocenters. The Morgan fingerprint density at radius 2 is 1.90 bits per heavy atom. The van der Waals surface area contributed by atoms with E-state index in [4.69, 9.17) is 11.6 Å². The molecule has 5 nitrogen and oxygen atoms in total. The summed E-state index contributed by atoms with van der Waals surface area (Å²) in [5.41, 5.74) is 0. The fraction of sp³-hybridized carbons (Fsp3) is 0.417. The van der Waals surface area contributed by atoms with Crippen LogP contribution in [0.15, 0.2) is 29.2 Å². The molecule has 0 bridgehead atoms. The quantitative estimate of drug-likeness (QED) is 0.835. The first-order valence-electron chi connectivity index (χ1n) is 5.96. The first-order chi connectivity index (χ1) is 8.99. The molecule has 0 aliphatic carbocycles. The van der Waals surface area contributed by atoms with Gasteiger partial charge in [0.15, 0.2) is 9.84 Å². The van der Waals surface area contributed by atoms with Crippen LogP contribution in [0.4, 0.5) is 0 Å². The third-order valence-electron chi connectivity index (χ3n) is 3.00. The van der Waals surface area contributed by atoms with Crippen molar-refractivity contribution in [1.29, 1.82) is 0 Å². The molecule has 1 aromatic carbocycles. The second kappa shape index (κ2) is 7.26. The van der Waals surface area contributed by atoms with Crippen LogP contribution in [0.1, 0.15) is 0 Å². The van der Waals surface area contributed by atoms with Gasteiger partial charge in [0, 0.05) is 24.7 Å². The Bertz CT molecular complexity index is 557. The summed E-state index contributed by atoms with van der Waals surface area (Å²) in [6.07, 6.45) is 0. The highest BCUT2D eigenvalue weighted by Crippen LogP contribution is 2.15. The van der Waals surface area contributed by atoms with Crippen molar-refractivity contribution in [2.45, 2.75) is 4.90 Å². The summed E-state index contributed by atoms with van der Waals surface area (Å²) in [4.78, 5) is 11.7. The van der Waals surface area contributed by atoms with Gasteiger partial charge in [-0.3, -0.25) is 4.79 Å². The molecule has 0 aromatic heterocycles. The van der Waals surface area contributed by atoms with E-state index < -0.39 is 9.84 Å². The van der Waals surface area contributed by atoms with Crippen LogP contribution in [0.25, 0.3) is 0 Å². The molecular formula is C12H16Cl2N2O3S. The zero-order chi connectivity index (χ0) is 13.9. The summed E-state index contributed by atoms with van der Waals surface area (Å²) >= 11 is 5.71. The van der Waals surface area contributed by atoms with Gasteiger partial charge in [0.05, 0.1) is 16.6 Å². The average molecular weight is 339 g/mol. The number of rotatable bonds is 5. The van der Waals surface area contributed by atoms with Gasteiger partial charge in [-0.05, 0) is 24.3 Å². The number of benzene rings is 1. The number of carbonyl (C=O) groups excluding carboxylic acids is 1. The largest absolute Gasteiger partial charge is 0.355 e. The van der Waals surface area contributed by atoms with Crippen molar-refractivity contribution in [1.82, 2.24) is 10.6 Å². The predicted octanol–water partition coefficient (Wildman–Crippen LogP) is 0.871. The lowest BCUT2D eigenvalue weighted by Gasteiger charge is -2.25. The third-order valence-corrected chi connectivity index (χ3v) is 4.98. The van der Waals surface area contributed by atoms with Gasteiger partial charge in [-0.2, -0.15) is 0 Å². The van der Waals surface area contributed by atoms with E-state index in [0.717, 1.165) is 0 Å². The molecule has 8 heteroatoms. The summed E-state index contributed by atoms with van der Waals surface area (Å²) < 4.78 is 23.9. The molecule has 1 saturated heterocycles. The Morgan fingerprint density at radius 3 is 2.40 bits per heavy atom. The lowest BCUT2D eigenvalue weighted by atomic mass is 10.0. The lowest BCUT2D eigenvalue weighted by Crippen LogP contribution is -2.51. The fourth-order valence-corrected chi connectivity index (χ4v) is 2.97. The highest BCUT2D eigenvalue weighted by Gasteiger charge is 2.24. The Balaban J connectivity index is 0.00000200. The first-order valence-corrected chi connectivity index (χ1v) is 7.99. The number of hydrogen-bond donors (Lipinski definition) is 2. The molecule has 1 heterocycles. The van der Waals surface area contributed by atoms with E-state index in [-0.39, 0.29) is 41.4 Å². The van der Waals surface area contributed by atoms with Crippen LogP contribution in [0.5, 0.6) is 0 Å². The Kier molecular flexibility index (Phi) is 6.26. The zero-order valence-electron chi connectivity index (χ0n) is 10.6. The summed E-state index contributed by atoms with van der Waals surface area (Å²) in [5, 5.41) is 6.12. The molecule has 0 atom stereocenters. The molecule has 1 aliphatic rings. The van der Waals surface area contributed by atoms with E-state index in [2.05, 4.69) is 10.6 Å². The lowest BCUT2D eigenvalue weighted by molar-refractivity contribution is -0.126. The van der Waals surface area contributed by atoms with Gasteiger partial charge in [0.2, 0.25) is 5.91 Å². The first kappa shape index (κ1) is 17.2. The normalized spacial score (nSPS) is 15.1. The molecule has 112 valence electrons. The SMILES string of the molecule is Cl.O=C(NCCS(=O)(=O)c1ccc(Cl)cc1)C1CNC1. The van der Waals surface area contributed by atoms with Gasteiger partial charge in [0.1, 0.15) is 0 Å². The molecule has 1 aliphatic heterocycles. The smallest absolute Gasteiger partial charge is 0.225 e. The molecule has 1 fully saturated rings. The minimum Gasteiger partial charge on any atom is -0.355 e. The summed E-state index contributed by atoms with van der Waals surface area (Å²) in [6.45, 7) is 1.45. The topological polar surface area (TPSA) is 75.3 Å². The summed E-state index contributed by atoms with van der Waals surface area (Å²) in [7, 11) is -3.38. The predicted molar refractivity (Wildman–Crippen MR) is 80.1 cm³/mol. The molecule has 0 saturated carbocycles. The maximum atomic E-state index is 12.0. The van der Waals surface area contributed by atoms with Crippen molar-refractivity contribution < 1.29 is 13.2 Å². The van der Waals surface area contributed by atoms with E-state index in [9.17, 15) is 13.2 Å². The third kappa shape index (κ3) is 4.34. The Hall–Kier alpha value is -0.820. The van der Waals surface area contributed by atoms with E-state index in [0.29, 0.717) is 18.1 Å². The standard InChI is InChI=1S/C12H15ClN2O3S.ClH/c13-10-1-3-11(4-2-10)19(17,18)6-5-15-12(16)9-7-14-8-9;/h1-4,9,14H,5-8H2,(H,15,16);1H. The molecule has 2 rings (SSSR count). The van der Waals surface area contributed by atoms with Crippen molar-refractivity contribution in [3.63, 3.8) is 0 Å². The maximum absolute atomic E-state index is 12.0. The average Bonchev–Trinajstić information content (AvgIpc) is 2.26. The van der Waals surface area contributed by atoms with E-state index in [1.165, 1.54) is 24.3 Å². The van der Waals surface area contributed by atoms with Crippen LogP contribution in [0.2, 0.25) is 5.02 Å². The maximum Gasteiger partial charge on any atom is 0.225 e. The van der Waals surface area contributed by atoms with Crippen molar-refractivity contribution in [2.75, 3.05) is 25.4 Å². The summed E-state index contributed by atoms with van der Waals surface area (Å²) in [5.74, 6) is -0.233. The minimum absolute atomic E-state index is 0. The van der Waals surface area contributed by atoms with Gasteiger partial charge in [-0.15, -0.1) is 12.4 Å². The van der Waals surface area contributed by atoms with Crippen molar-refractivity contribution in [3.05, 3.63) is 29.3 Å². The van der Waals surface area contributed by atoms with E-state index >= 15 is 0 Å². The molecule has 0 radical (unpaired) electrons. The van der Waals surface area contributed by atoms with Crippen molar-refractivity contribution in [2.24, 2.45) is 5.92 Å². The second-order valence-electron chi connectivity index (χ2n) is 4.42. The minimum atomic E-state index is -3.38. The number of hydrogen-bond acceptors (Lipinski definition) is 4. The fourth-order valence-electron chi connectivity index (χ4n) is 1.69. The number of amides is 1. The van der Waals surface area contributed by atoms with Gasteiger partial charge in [0.25, 0.3) is 0 Å². The summed E-state index contributed by atoms with van der Waals surface area (Å²) in [6, 6.07) is 6.00.